The number of nitrogens with zero attached hydrogens (tertiary/aromatic N) is 1. The van der Waals surface area contributed by atoms with Crippen molar-refractivity contribution in [1.29, 1.82) is 0 Å². The third-order valence-corrected chi connectivity index (χ3v) is 3.45. The molecule has 1 heterocycles. The summed E-state index contributed by atoms with van der Waals surface area (Å²) in [4.78, 5) is 14.6. The zero-order chi connectivity index (χ0) is 13.5. The van der Waals surface area contributed by atoms with E-state index in [9.17, 15) is 4.79 Å². The molecule has 0 radical (unpaired) electrons. The number of primary amides is 1. The molecular weight excluding hydrogens is 244 g/mol. The van der Waals surface area contributed by atoms with Crippen LogP contribution in [-0.4, -0.2) is 23.8 Å². The summed E-state index contributed by atoms with van der Waals surface area (Å²) in [6, 6.07) is 3.91. The van der Waals surface area contributed by atoms with Gasteiger partial charge in [0.25, 0.3) is 0 Å². The predicted octanol–water partition coefficient (Wildman–Crippen LogP) is 2.25. The summed E-state index contributed by atoms with van der Waals surface area (Å²) in [7, 11) is 0. The van der Waals surface area contributed by atoms with Gasteiger partial charge in [0.1, 0.15) is 6.10 Å². The zero-order valence-corrected chi connectivity index (χ0v) is 11.0. The van der Waals surface area contributed by atoms with Crippen LogP contribution in [0.5, 0.6) is 0 Å². The molecule has 2 rings (SSSR count). The lowest BCUT2D eigenvalue weighted by molar-refractivity contribution is 0.0349. The van der Waals surface area contributed by atoms with E-state index in [0.717, 1.165) is 37.9 Å². The van der Waals surface area contributed by atoms with Crippen LogP contribution in [0.2, 0.25) is 0 Å². The minimum absolute atomic E-state index is 0.00560. The van der Waals surface area contributed by atoms with Gasteiger partial charge < -0.3 is 15.2 Å². The fourth-order valence-corrected chi connectivity index (χ4v) is 2.40. The number of ether oxygens (including phenoxy) is 2. The third-order valence-electron chi connectivity index (χ3n) is 3.45. The van der Waals surface area contributed by atoms with E-state index in [0.29, 0.717) is 12.5 Å². The van der Waals surface area contributed by atoms with Crippen molar-refractivity contribution in [2.75, 3.05) is 6.61 Å². The van der Waals surface area contributed by atoms with Crippen LogP contribution in [0.25, 0.3) is 0 Å². The molecule has 1 aromatic rings. The van der Waals surface area contributed by atoms with Gasteiger partial charge in [-0.2, -0.15) is 0 Å². The monoisotopic (exact) mass is 264 g/mol. The molecule has 0 saturated heterocycles. The molecular formula is C14H20N2O3. The Balaban J connectivity index is 1.62. The van der Waals surface area contributed by atoms with Crippen LogP contribution in [-0.2, 0) is 16.1 Å². The standard InChI is InChI=1S/C14H20N2O3/c15-14(17)19-13-3-1-11(2-4-13)9-18-10-12-5-7-16-8-6-12/h5-8,11,13H,1-4,9-10H2,(H2,15,17)/t11-,13-. The van der Waals surface area contributed by atoms with Crippen LogP contribution in [0, 0.1) is 5.92 Å². The first-order chi connectivity index (χ1) is 9.24. The molecule has 0 atom stereocenters. The summed E-state index contributed by atoms with van der Waals surface area (Å²) in [5.74, 6) is 0.551. The molecule has 1 aliphatic rings. The highest BCUT2D eigenvalue weighted by Crippen LogP contribution is 2.26. The molecule has 1 aromatic heterocycles. The number of amides is 1. The molecule has 0 aliphatic heterocycles. The molecule has 0 bridgehead atoms. The number of hydrogen-bond donors (Lipinski definition) is 1. The van der Waals surface area contributed by atoms with Crippen LogP contribution in [0.4, 0.5) is 4.79 Å². The van der Waals surface area contributed by atoms with Crippen molar-refractivity contribution in [2.24, 2.45) is 11.7 Å². The van der Waals surface area contributed by atoms with E-state index in [4.69, 9.17) is 15.2 Å². The number of carbonyl (C=O) groups is 1. The number of nitrogens with two attached hydrogens (primary N) is 1. The van der Waals surface area contributed by atoms with Crippen LogP contribution < -0.4 is 5.73 Å². The summed E-state index contributed by atoms with van der Waals surface area (Å²) in [6.07, 6.45) is 6.67. The SMILES string of the molecule is NC(=O)O[C@H]1CC[C@H](COCc2ccncc2)CC1. The number of aromatic nitrogens is 1. The summed E-state index contributed by atoms with van der Waals surface area (Å²) in [5.41, 5.74) is 6.15. The number of carbonyl (C=O) groups excluding carboxylic acids is 1. The Kier molecular flexibility index (Phi) is 5.15. The Morgan fingerprint density at radius 3 is 2.58 bits per heavy atom. The second kappa shape index (κ2) is 7.09. The van der Waals surface area contributed by atoms with E-state index in [-0.39, 0.29) is 6.10 Å². The highest BCUT2D eigenvalue weighted by molar-refractivity contribution is 5.64. The van der Waals surface area contributed by atoms with Crippen LogP contribution in [0.1, 0.15) is 31.2 Å². The van der Waals surface area contributed by atoms with Crippen molar-refractivity contribution < 1.29 is 14.3 Å². The van der Waals surface area contributed by atoms with Gasteiger partial charge in [0, 0.05) is 19.0 Å². The fourth-order valence-electron chi connectivity index (χ4n) is 2.40. The minimum atomic E-state index is -0.669. The largest absolute Gasteiger partial charge is 0.446 e. The average molecular weight is 264 g/mol. The molecule has 104 valence electrons. The molecule has 5 heteroatoms. The van der Waals surface area contributed by atoms with Gasteiger partial charge in [-0.05, 0) is 49.3 Å². The maximum absolute atomic E-state index is 10.6. The van der Waals surface area contributed by atoms with Gasteiger partial charge in [-0.25, -0.2) is 4.79 Å². The topological polar surface area (TPSA) is 74.4 Å². The lowest BCUT2D eigenvalue weighted by atomic mass is 9.88. The van der Waals surface area contributed by atoms with Gasteiger partial charge in [-0.1, -0.05) is 0 Å². The van der Waals surface area contributed by atoms with Crippen molar-refractivity contribution in [2.45, 2.75) is 38.4 Å². The van der Waals surface area contributed by atoms with E-state index in [1.165, 1.54) is 0 Å². The van der Waals surface area contributed by atoms with Gasteiger partial charge in [0.15, 0.2) is 0 Å². The summed E-state index contributed by atoms with van der Waals surface area (Å²) in [5, 5.41) is 0. The number of hydrogen-bond acceptors (Lipinski definition) is 4. The van der Waals surface area contributed by atoms with Crippen molar-refractivity contribution in [3.8, 4) is 0 Å². The molecule has 1 aliphatic carbocycles. The molecule has 1 fully saturated rings. The van der Waals surface area contributed by atoms with E-state index in [1.807, 2.05) is 12.1 Å². The zero-order valence-electron chi connectivity index (χ0n) is 11.0. The average Bonchev–Trinajstić information content (AvgIpc) is 2.41. The molecule has 1 amide bonds. The second-order valence-electron chi connectivity index (χ2n) is 4.95. The van der Waals surface area contributed by atoms with Gasteiger partial charge >= 0.3 is 6.09 Å². The van der Waals surface area contributed by atoms with Gasteiger partial charge in [0.05, 0.1) is 6.61 Å². The summed E-state index contributed by atoms with van der Waals surface area (Å²) < 4.78 is 10.7. The number of rotatable bonds is 5. The summed E-state index contributed by atoms with van der Waals surface area (Å²) in [6.45, 7) is 1.38. The summed E-state index contributed by atoms with van der Waals surface area (Å²) >= 11 is 0. The Labute approximate surface area is 113 Å². The van der Waals surface area contributed by atoms with Crippen molar-refractivity contribution in [3.05, 3.63) is 30.1 Å². The highest BCUT2D eigenvalue weighted by atomic mass is 16.6. The first-order valence-electron chi connectivity index (χ1n) is 6.67. The van der Waals surface area contributed by atoms with Crippen LogP contribution >= 0.6 is 0 Å². The molecule has 0 aromatic carbocycles. The maximum atomic E-state index is 10.6. The van der Waals surface area contributed by atoms with Crippen molar-refractivity contribution in [3.63, 3.8) is 0 Å². The van der Waals surface area contributed by atoms with E-state index < -0.39 is 6.09 Å². The Bertz CT molecular complexity index is 389. The second-order valence-corrected chi connectivity index (χ2v) is 4.95. The Hall–Kier alpha value is -1.62. The molecule has 0 unspecified atom stereocenters. The molecule has 1 saturated carbocycles. The molecule has 19 heavy (non-hydrogen) atoms. The van der Waals surface area contributed by atoms with Crippen LogP contribution in [0.15, 0.2) is 24.5 Å². The van der Waals surface area contributed by atoms with Crippen LogP contribution in [0.3, 0.4) is 0 Å². The lowest BCUT2D eigenvalue weighted by Crippen LogP contribution is -2.28. The smallest absolute Gasteiger partial charge is 0.404 e. The Morgan fingerprint density at radius 2 is 1.95 bits per heavy atom. The number of pyridine rings is 1. The highest BCUT2D eigenvalue weighted by Gasteiger charge is 2.23. The first-order valence-corrected chi connectivity index (χ1v) is 6.67. The van der Waals surface area contributed by atoms with Gasteiger partial charge in [-0.3, -0.25) is 4.98 Å². The lowest BCUT2D eigenvalue weighted by Gasteiger charge is -2.27. The first kappa shape index (κ1) is 13.8. The fraction of sp³-hybridized carbons (Fsp3) is 0.571. The van der Waals surface area contributed by atoms with Gasteiger partial charge in [0.2, 0.25) is 0 Å². The maximum Gasteiger partial charge on any atom is 0.404 e. The minimum Gasteiger partial charge on any atom is -0.446 e. The van der Waals surface area contributed by atoms with Gasteiger partial charge in [-0.15, -0.1) is 0 Å². The normalized spacial score (nSPS) is 22.9. The molecule has 0 spiro atoms. The predicted molar refractivity (Wildman–Crippen MR) is 70.3 cm³/mol. The molecule has 5 nitrogen and oxygen atoms in total. The quantitative estimate of drug-likeness (QED) is 0.885. The van der Waals surface area contributed by atoms with E-state index in [2.05, 4.69) is 4.98 Å². The van der Waals surface area contributed by atoms with E-state index in [1.54, 1.807) is 12.4 Å². The Morgan fingerprint density at radius 1 is 1.26 bits per heavy atom. The van der Waals surface area contributed by atoms with Crippen molar-refractivity contribution >= 4 is 6.09 Å². The van der Waals surface area contributed by atoms with E-state index >= 15 is 0 Å². The molecule has 2 N–H and O–H groups in total. The van der Waals surface area contributed by atoms with Crippen molar-refractivity contribution in [1.82, 2.24) is 4.98 Å². The third kappa shape index (κ3) is 4.87.